The van der Waals surface area contributed by atoms with Gasteiger partial charge in [-0.2, -0.15) is 0 Å². The van der Waals surface area contributed by atoms with Crippen molar-refractivity contribution in [2.45, 2.75) is 25.8 Å². The molecule has 2 amide bonds. The summed E-state index contributed by atoms with van der Waals surface area (Å²) >= 11 is 6.01. The summed E-state index contributed by atoms with van der Waals surface area (Å²) in [6.07, 6.45) is 1.94. The van der Waals surface area contributed by atoms with Crippen molar-refractivity contribution >= 4 is 23.4 Å². The van der Waals surface area contributed by atoms with Gasteiger partial charge in [0.15, 0.2) is 0 Å². The van der Waals surface area contributed by atoms with Gasteiger partial charge in [0.25, 0.3) is 5.91 Å². The summed E-state index contributed by atoms with van der Waals surface area (Å²) in [6, 6.07) is 26.5. The number of halogens is 1. The molecule has 0 aromatic heterocycles. The normalized spacial score (nSPS) is 17.6. The largest absolute Gasteiger partial charge is 0.493 e. The van der Waals surface area contributed by atoms with E-state index in [0.717, 1.165) is 24.2 Å². The molecule has 0 aliphatic carbocycles. The summed E-state index contributed by atoms with van der Waals surface area (Å²) in [4.78, 5) is 30.3. The second-order valence-corrected chi connectivity index (χ2v) is 9.79. The van der Waals surface area contributed by atoms with Crippen molar-refractivity contribution in [2.75, 3.05) is 26.7 Å². The standard InChI is InChI=1S/C29H31ClN2O3/c1-31(20-23-9-4-2-5-10-23)27(33)19-29(22-35-26-11-6-3-7-12-26)17-8-18-32(21-29)28(34)24-13-15-25(30)16-14-24/h2-7,9-16H,8,17-22H2,1H3/t29-/m1/s1. The van der Waals surface area contributed by atoms with Crippen molar-refractivity contribution in [3.63, 3.8) is 0 Å². The van der Waals surface area contributed by atoms with Gasteiger partial charge in [-0.05, 0) is 54.8 Å². The lowest BCUT2D eigenvalue weighted by molar-refractivity contribution is -0.134. The predicted octanol–water partition coefficient (Wildman–Crippen LogP) is 5.69. The van der Waals surface area contributed by atoms with Crippen LogP contribution in [0.25, 0.3) is 0 Å². The fourth-order valence-electron chi connectivity index (χ4n) is 4.62. The Morgan fingerprint density at radius 1 is 0.971 bits per heavy atom. The number of likely N-dealkylation sites (tertiary alicyclic amines) is 1. The number of piperidine rings is 1. The lowest BCUT2D eigenvalue weighted by Crippen LogP contribution is -2.50. The third-order valence-electron chi connectivity index (χ3n) is 6.54. The fraction of sp³-hybridized carbons (Fsp3) is 0.310. The summed E-state index contributed by atoms with van der Waals surface area (Å²) in [6.45, 7) is 2.03. The van der Waals surface area contributed by atoms with Crippen LogP contribution in [0, 0.1) is 5.41 Å². The first kappa shape index (κ1) is 24.8. The zero-order valence-electron chi connectivity index (χ0n) is 20.0. The summed E-state index contributed by atoms with van der Waals surface area (Å²) < 4.78 is 6.17. The molecule has 0 unspecified atom stereocenters. The highest BCUT2D eigenvalue weighted by atomic mass is 35.5. The van der Waals surface area contributed by atoms with Crippen LogP contribution in [-0.4, -0.2) is 48.4 Å². The molecule has 182 valence electrons. The molecule has 1 heterocycles. The minimum atomic E-state index is -0.474. The lowest BCUT2D eigenvalue weighted by atomic mass is 9.77. The fourth-order valence-corrected chi connectivity index (χ4v) is 4.75. The molecule has 1 atom stereocenters. The van der Waals surface area contributed by atoms with Crippen LogP contribution in [0.3, 0.4) is 0 Å². The number of carbonyl (C=O) groups is 2. The van der Waals surface area contributed by atoms with Crippen molar-refractivity contribution in [1.82, 2.24) is 9.80 Å². The van der Waals surface area contributed by atoms with Crippen molar-refractivity contribution in [2.24, 2.45) is 5.41 Å². The van der Waals surface area contributed by atoms with Crippen LogP contribution in [0.5, 0.6) is 5.75 Å². The van der Waals surface area contributed by atoms with E-state index < -0.39 is 5.41 Å². The summed E-state index contributed by atoms with van der Waals surface area (Å²) in [5, 5.41) is 0.595. The molecule has 6 heteroatoms. The van der Waals surface area contributed by atoms with E-state index in [4.69, 9.17) is 16.3 Å². The number of benzene rings is 3. The summed E-state index contributed by atoms with van der Waals surface area (Å²) in [5.74, 6) is 0.764. The Kier molecular flexibility index (Phi) is 8.09. The Labute approximate surface area is 212 Å². The molecule has 0 N–H and O–H groups in total. The van der Waals surface area contributed by atoms with Crippen molar-refractivity contribution < 1.29 is 14.3 Å². The number of amides is 2. The molecule has 1 saturated heterocycles. The number of para-hydroxylation sites is 1. The number of hydrogen-bond acceptors (Lipinski definition) is 3. The average Bonchev–Trinajstić information content (AvgIpc) is 2.89. The molecular weight excluding hydrogens is 460 g/mol. The minimum Gasteiger partial charge on any atom is -0.493 e. The van der Waals surface area contributed by atoms with Gasteiger partial charge in [0.1, 0.15) is 5.75 Å². The van der Waals surface area contributed by atoms with Crippen LogP contribution in [0.15, 0.2) is 84.9 Å². The van der Waals surface area contributed by atoms with Crippen LogP contribution >= 0.6 is 11.6 Å². The SMILES string of the molecule is CN(Cc1ccccc1)C(=O)C[C@]1(COc2ccccc2)CCCN(C(=O)c2ccc(Cl)cc2)C1. The second-order valence-electron chi connectivity index (χ2n) is 9.35. The Morgan fingerprint density at radius 2 is 1.63 bits per heavy atom. The molecule has 1 aliphatic rings. The maximum Gasteiger partial charge on any atom is 0.253 e. The van der Waals surface area contributed by atoms with E-state index in [1.54, 1.807) is 29.2 Å². The highest BCUT2D eigenvalue weighted by Crippen LogP contribution is 2.36. The predicted molar refractivity (Wildman–Crippen MR) is 138 cm³/mol. The van der Waals surface area contributed by atoms with Crippen LogP contribution in [-0.2, 0) is 11.3 Å². The van der Waals surface area contributed by atoms with E-state index in [0.29, 0.717) is 43.2 Å². The van der Waals surface area contributed by atoms with Gasteiger partial charge in [0.2, 0.25) is 5.91 Å². The first-order valence-electron chi connectivity index (χ1n) is 11.9. The molecule has 5 nitrogen and oxygen atoms in total. The monoisotopic (exact) mass is 490 g/mol. The van der Waals surface area contributed by atoms with E-state index in [-0.39, 0.29) is 11.8 Å². The van der Waals surface area contributed by atoms with Gasteiger partial charge in [0.05, 0.1) is 6.61 Å². The second kappa shape index (κ2) is 11.4. The number of ether oxygens (including phenoxy) is 1. The molecule has 3 aromatic rings. The van der Waals surface area contributed by atoms with Crippen molar-refractivity contribution in [3.05, 3.63) is 101 Å². The molecule has 0 saturated carbocycles. The first-order valence-corrected chi connectivity index (χ1v) is 12.3. The topological polar surface area (TPSA) is 49.9 Å². The molecule has 35 heavy (non-hydrogen) atoms. The molecule has 0 radical (unpaired) electrons. The highest BCUT2D eigenvalue weighted by Gasteiger charge is 2.40. The summed E-state index contributed by atoms with van der Waals surface area (Å²) in [5.41, 5.74) is 1.21. The zero-order valence-corrected chi connectivity index (χ0v) is 20.8. The maximum absolute atomic E-state index is 13.4. The summed E-state index contributed by atoms with van der Waals surface area (Å²) in [7, 11) is 1.83. The van der Waals surface area contributed by atoms with Gasteiger partial charge in [-0.3, -0.25) is 9.59 Å². The van der Waals surface area contributed by atoms with E-state index in [1.807, 2.05) is 72.6 Å². The molecule has 1 fully saturated rings. The van der Waals surface area contributed by atoms with Crippen molar-refractivity contribution in [3.8, 4) is 5.75 Å². The van der Waals surface area contributed by atoms with Crippen LogP contribution in [0.4, 0.5) is 0 Å². The van der Waals surface area contributed by atoms with Gasteiger partial charge in [0, 0.05) is 49.1 Å². The zero-order chi connectivity index (χ0) is 24.7. The van der Waals surface area contributed by atoms with E-state index in [1.165, 1.54) is 0 Å². The van der Waals surface area contributed by atoms with Gasteiger partial charge in [-0.25, -0.2) is 0 Å². The molecule has 4 rings (SSSR count). The van der Waals surface area contributed by atoms with Gasteiger partial charge in [-0.15, -0.1) is 0 Å². The van der Waals surface area contributed by atoms with Crippen LogP contribution in [0.1, 0.15) is 35.2 Å². The quantitative estimate of drug-likeness (QED) is 0.407. The molecule has 1 aliphatic heterocycles. The minimum absolute atomic E-state index is 0.0458. The number of rotatable bonds is 8. The molecule has 0 spiro atoms. The molecule has 0 bridgehead atoms. The number of carbonyl (C=O) groups excluding carboxylic acids is 2. The maximum atomic E-state index is 13.4. The van der Waals surface area contributed by atoms with Gasteiger partial charge < -0.3 is 14.5 Å². The number of nitrogens with zero attached hydrogens (tertiary/aromatic N) is 2. The van der Waals surface area contributed by atoms with Crippen LogP contribution < -0.4 is 4.74 Å². The van der Waals surface area contributed by atoms with E-state index in [2.05, 4.69) is 0 Å². The smallest absolute Gasteiger partial charge is 0.253 e. The third-order valence-corrected chi connectivity index (χ3v) is 6.79. The highest BCUT2D eigenvalue weighted by molar-refractivity contribution is 6.30. The average molecular weight is 491 g/mol. The van der Waals surface area contributed by atoms with Crippen molar-refractivity contribution in [1.29, 1.82) is 0 Å². The lowest BCUT2D eigenvalue weighted by Gasteiger charge is -2.43. The third kappa shape index (κ3) is 6.64. The van der Waals surface area contributed by atoms with Crippen LogP contribution in [0.2, 0.25) is 5.02 Å². The van der Waals surface area contributed by atoms with E-state index in [9.17, 15) is 9.59 Å². The Bertz CT molecular complexity index is 1120. The Balaban J connectivity index is 1.51. The molecular formula is C29H31ClN2O3. The Morgan fingerprint density at radius 3 is 2.31 bits per heavy atom. The van der Waals surface area contributed by atoms with Gasteiger partial charge >= 0.3 is 0 Å². The Hall–Kier alpha value is -3.31. The first-order chi connectivity index (χ1) is 16.9. The van der Waals surface area contributed by atoms with E-state index >= 15 is 0 Å². The van der Waals surface area contributed by atoms with Gasteiger partial charge in [-0.1, -0.05) is 60.1 Å². The molecule has 3 aromatic carbocycles. The number of hydrogen-bond donors (Lipinski definition) is 0.